The normalized spacial score (nSPS) is 22.7. The molecule has 2 aliphatic heterocycles. The van der Waals surface area contributed by atoms with Crippen LogP contribution in [0.3, 0.4) is 0 Å². The van der Waals surface area contributed by atoms with Gasteiger partial charge >= 0.3 is 0 Å². The van der Waals surface area contributed by atoms with Crippen molar-refractivity contribution in [3.63, 3.8) is 0 Å². The van der Waals surface area contributed by atoms with Gasteiger partial charge in [0, 0.05) is 20.9 Å². The molecular formula is C14H19BNO2. The van der Waals surface area contributed by atoms with Crippen molar-refractivity contribution in [1.29, 1.82) is 0 Å². The molecule has 0 N–H and O–H groups in total. The molecule has 2 atom stereocenters. The number of rotatable bonds is 1. The molecule has 2 aliphatic rings. The van der Waals surface area contributed by atoms with Gasteiger partial charge in [0.05, 0.1) is 11.8 Å². The summed E-state index contributed by atoms with van der Waals surface area (Å²) in [5.41, 5.74) is 3.97. The number of pyridine rings is 1. The number of ketones is 1. The topological polar surface area (TPSA) is 39.2 Å². The Kier molecular flexibility index (Phi) is 4.68. The second kappa shape index (κ2) is 5.66. The van der Waals surface area contributed by atoms with Crippen molar-refractivity contribution in [3.8, 4) is 0 Å². The fraction of sp³-hybridized carbons (Fsp3) is 0.571. The fourth-order valence-corrected chi connectivity index (χ4v) is 2.60. The summed E-state index contributed by atoms with van der Waals surface area (Å²) < 4.78 is 5.78. The van der Waals surface area contributed by atoms with E-state index in [9.17, 15) is 4.79 Å². The third-order valence-corrected chi connectivity index (χ3v) is 3.30. The first-order chi connectivity index (χ1) is 8.16. The van der Waals surface area contributed by atoms with Crippen molar-refractivity contribution in [2.24, 2.45) is 0 Å². The van der Waals surface area contributed by atoms with Crippen LogP contribution in [-0.2, 0) is 4.74 Å². The van der Waals surface area contributed by atoms with Crippen LogP contribution in [0.4, 0.5) is 0 Å². The molecule has 1 fully saturated rings. The van der Waals surface area contributed by atoms with Crippen molar-refractivity contribution in [1.82, 2.24) is 4.98 Å². The third-order valence-electron chi connectivity index (χ3n) is 3.30. The molecule has 3 rings (SSSR count). The monoisotopic (exact) mass is 244 g/mol. The van der Waals surface area contributed by atoms with Crippen LogP contribution in [0.2, 0.25) is 0 Å². The van der Waals surface area contributed by atoms with Gasteiger partial charge in [0.2, 0.25) is 0 Å². The van der Waals surface area contributed by atoms with Crippen LogP contribution in [0.5, 0.6) is 0 Å². The lowest BCUT2D eigenvalue weighted by atomic mass is 9.92. The lowest BCUT2D eigenvalue weighted by molar-refractivity contribution is 0.0701. The van der Waals surface area contributed by atoms with Crippen LogP contribution < -0.4 is 0 Å². The zero-order chi connectivity index (χ0) is 12.6. The van der Waals surface area contributed by atoms with Crippen LogP contribution in [0, 0.1) is 6.92 Å². The van der Waals surface area contributed by atoms with Crippen molar-refractivity contribution < 1.29 is 9.53 Å². The Hall–Kier alpha value is -1.16. The molecule has 0 saturated carbocycles. The molecule has 3 nitrogen and oxygen atoms in total. The van der Waals surface area contributed by atoms with E-state index in [2.05, 4.69) is 4.98 Å². The highest BCUT2D eigenvalue weighted by Gasteiger charge is 2.40. The van der Waals surface area contributed by atoms with Crippen LogP contribution in [0.25, 0.3) is 0 Å². The Morgan fingerprint density at radius 3 is 2.56 bits per heavy atom. The Morgan fingerprint density at radius 1 is 1.33 bits per heavy atom. The number of carbonyl (C=O) groups excluding carboxylic acids is 1. The zero-order valence-corrected chi connectivity index (χ0v) is 11.5. The first-order valence-electron chi connectivity index (χ1n) is 6.34. The number of hydrogen-bond acceptors (Lipinski definition) is 3. The van der Waals surface area contributed by atoms with Gasteiger partial charge in [-0.2, -0.15) is 0 Å². The predicted octanol–water partition coefficient (Wildman–Crippen LogP) is 3.14. The van der Waals surface area contributed by atoms with Crippen molar-refractivity contribution >= 4 is 14.2 Å². The summed E-state index contributed by atoms with van der Waals surface area (Å²) in [6, 6.07) is 1.88. The van der Waals surface area contributed by atoms with E-state index in [0.29, 0.717) is 5.69 Å². The molecule has 0 spiro atoms. The van der Waals surface area contributed by atoms with Gasteiger partial charge in [-0.05, 0) is 31.4 Å². The Bertz CT molecular complexity index is 459. The highest BCUT2D eigenvalue weighted by Crippen LogP contribution is 2.50. The lowest BCUT2D eigenvalue weighted by Gasteiger charge is -2.13. The van der Waals surface area contributed by atoms with Crippen molar-refractivity contribution in [3.05, 3.63) is 28.6 Å². The number of Topliss-reactive ketones (excluding diaryl/α,β-unsaturated/α-hetero) is 1. The van der Waals surface area contributed by atoms with Gasteiger partial charge in [-0.25, -0.2) is 4.98 Å². The highest BCUT2D eigenvalue weighted by molar-refractivity contribution is 5.92. The summed E-state index contributed by atoms with van der Waals surface area (Å²) in [5, 5.41) is 0. The molecule has 18 heavy (non-hydrogen) atoms. The van der Waals surface area contributed by atoms with E-state index in [4.69, 9.17) is 4.74 Å². The van der Waals surface area contributed by atoms with Gasteiger partial charge in [0.1, 0.15) is 11.8 Å². The van der Waals surface area contributed by atoms with E-state index < -0.39 is 0 Å². The molecular weight excluding hydrogens is 225 g/mol. The Balaban J connectivity index is 0.000000516. The van der Waals surface area contributed by atoms with E-state index in [0.717, 1.165) is 24.1 Å². The second-order valence-electron chi connectivity index (χ2n) is 4.37. The summed E-state index contributed by atoms with van der Waals surface area (Å²) in [6.07, 6.45) is 2.52. The van der Waals surface area contributed by atoms with E-state index in [-0.39, 0.29) is 26.4 Å². The number of ether oxygens (including phenoxy) is 1. The maximum absolute atomic E-state index is 11.3. The van der Waals surface area contributed by atoms with Crippen LogP contribution in [0.1, 0.15) is 73.1 Å². The molecule has 0 aliphatic carbocycles. The summed E-state index contributed by atoms with van der Waals surface area (Å²) in [6.45, 7) is 7.60. The maximum atomic E-state index is 11.3. The zero-order valence-electron chi connectivity index (χ0n) is 11.5. The minimum absolute atomic E-state index is 0. The summed E-state index contributed by atoms with van der Waals surface area (Å²) in [5.74, 6) is 0.0312. The van der Waals surface area contributed by atoms with Gasteiger partial charge in [-0.15, -0.1) is 0 Å². The minimum atomic E-state index is 0. The van der Waals surface area contributed by atoms with E-state index in [1.54, 1.807) is 6.92 Å². The average Bonchev–Trinajstić information content (AvgIpc) is 2.92. The molecule has 0 aromatic carbocycles. The maximum Gasteiger partial charge on any atom is 0.178 e. The second-order valence-corrected chi connectivity index (χ2v) is 4.37. The quantitative estimate of drug-likeness (QED) is 0.562. The number of hydrogen-bond donors (Lipinski definition) is 0. The molecule has 1 aromatic rings. The van der Waals surface area contributed by atoms with Gasteiger partial charge < -0.3 is 4.74 Å². The largest absolute Gasteiger partial charge is 0.364 e. The van der Waals surface area contributed by atoms with E-state index in [1.807, 2.05) is 26.8 Å². The molecule has 1 aromatic heterocycles. The number of aromatic nitrogens is 1. The smallest absolute Gasteiger partial charge is 0.178 e. The molecule has 2 unspecified atom stereocenters. The molecule has 95 valence electrons. The van der Waals surface area contributed by atoms with Crippen molar-refractivity contribution in [2.75, 3.05) is 0 Å². The third kappa shape index (κ3) is 2.21. The molecule has 3 heterocycles. The molecule has 3 radical (unpaired) electrons. The van der Waals surface area contributed by atoms with Gasteiger partial charge in [0.15, 0.2) is 5.78 Å². The number of nitrogens with zero attached hydrogens (tertiary/aromatic N) is 1. The summed E-state index contributed by atoms with van der Waals surface area (Å²) in [7, 11) is 0. The van der Waals surface area contributed by atoms with E-state index in [1.165, 1.54) is 5.56 Å². The molecule has 2 bridgehead atoms. The van der Waals surface area contributed by atoms with Crippen LogP contribution >= 0.6 is 0 Å². The lowest BCUT2D eigenvalue weighted by Crippen LogP contribution is -2.08. The molecule has 0 amide bonds. The van der Waals surface area contributed by atoms with Crippen LogP contribution in [0.15, 0.2) is 6.07 Å². The molecule has 1 saturated heterocycles. The van der Waals surface area contributed by atoms with E-state index >= 15 is 0 Å². The average molecular weight is 244 g/mol. The number of carbonyl (C=O) groups is 1. The van der Waals surface area contributed by atoms with Crippen LogP contribution in [-0.4, -0.2) is 19.2 Å². The Labute approximate surface area is 111 Å². The Morgan fingerprint density at radius 2 is 1.94 bits per heavy atom. The highest BCUT2D eigenvalue weighted by atomic mass is 16.5. The first kappa shape index (κ1) is 14.9. The summed E-state index contributed by atoms with van der Waals surface area (Å²) in [4.78, 5) is 15.7. The fourth-order valence-electron chi connectivity index (χ4n) is 2.60. The first-order valence-corrected chi connectivity index (χ1v) is 6.34. The minimum Gasteiger partial charge on any atom is -0.364 e. The van der Waals surface area contributed by atoms with Gasteiger partial charge in [0.25, 0.3) is 0 Å². The predicted molar refractivity (Wildman–Crippen MR) is 71.9 cm³/mol. The number of fused-ring (bicyclic) bond motifs is 5. The summed E-state index contributed by atoms with van der Waals surface area (Å²) >= 11 is 0. The van der Waals surface area contributed by atoms with Gasteiger partial charge in [-0.1, -0.05) is 13.8 Å². The standard InChI is InChI=1S/C12H13NO2.C2H6.B/c1-6-5-8(7(2)14)13-12-10-4-3-9(15-10)11(6)12;1-2;/h5,9-10H,3-4H2,1-2H3;1-2H3;. The van der Waals surface area contributed by atoms with Crippen molar-refractivity contribution in [2.45, 2.75) is 52.7 Å². The van der Waals surface area contributed by atoms with Gasteiger partial charge in [-0.3, -0.25) is 4.79 Å². The SMILES string of the molecule is CC.CC(=O)c1cc(C)c2c(n1)C1CCC2O1.[B]. The molecule has 4 heteroatoms. The number of aryl methyl sites for hydroxylation is 1.